The van der Waals surface area contributed by atoms with Crippen molar-refractivity contribution in [2.75, 3.05) is 13.1 Å². The van der Waals surface area contributed by atoms with E-state index in [9.17, 15) is 0 Å². The Morgan fingerprint density at radius 1 is 0.941 bits per heavy atom. The van der Waals surface area contributed by atoms with Crippen LogP contribution in [0.15, 0.2) is 40.3 Å². The lowest BCUT2D eigenvalue weighted by Gasteiger charge is -2.11. The molecule has 1 aromatic carbocycles. The summed E-state index contributed by atoms with van der Waals surface area (Å²) >= 11 is 0. The quantitative estimate of drug-likeness (QED) is 0.556. The first kappa shape index (κ1) is 12.0. The highest BCUT2D eigenvalue weighted by molar-refractivity contribution is 5.85. The van der Waals surface area contributed by atoms with Crippen LogP contribution in [0.4, 0.5) is 0 Å². The molecule has 0 bridgehead atoms. The summed E-state index contributed by atoms with van der Waals surface area (Å²) in [6.07, 6.45) is 8.38. The van der Waals surface area contributed by atoms with Gasteiger partial charge in [-0.2, -0.15) is 0 Å². The van der Waals surface area contributed by atoms with Gasteiger partial charge in [-0.15, -0.1) is 0 Å². The first-order valence-corrected chi connectivity index (χ1v) is 6.52. The van der Waals surface area contributed by atoms with Crippen LogP contribution < -0.4 is 0 Å². The fourth-order valence-electron chi connectivity index (χ4n) is 2.09. The molecule has 90 valence electrons. The third-order valence-corrected chi connectivity index (χ3v) is 3.04. The van der Waals surface area contributed by atoms with Crippen molar-refractivity contribution in [1.29, 1.82) is 0 Å². The monoisotopic (exact) mass is 228 g/mol. The number of hydrogen-bond acceptors (Lipinski definition) is 2. The first-order valence-electron chi connectivity index (χ1n) is 6.52. The van der Waals surface area contributed by atoms with Crippen molar-refractivity contribution in [3.63, 3.8) is 0 Å². The fraction of sp³-hybridized carbons (Fsp3) is 0.467. The molecule has 1 aliphatic rings. The van der Waals surface area contributed by atoms with E-state index in [2.05, 4.69) is 22.1 Å². The number of aliphatic imine (C=N–C) groups is 2. The van der Waals surface area contributed by atoms with Crippen LogP contribution in [-0.4, -0.2) is 25.0 Å². The van der Waals surface area contributed by atoms with Gasteiger partial charge < -0.3 is 0 Å². The molecule has 0 radical (unpaired) electrons. The van der Waals surface area contributed by atoms with Crippen LogP contribution in [0.2, 0.25) is 0 Å². The molecule has 0 amide bonds. The number of nitrogens with zero attached hydrogens (tertiary/aromatic N) is 2. The van der Waals surface area contributed by atoms with E-state index < -0.39 is 0 Å². The van der Waals surface area contributed by atoms with Gasteiger partial charge in [0.25, 0.3) is 0 Å². The lowest BCUT2D eigenvalue weighted by Crippen LogP contribution is -2.06. The average Bonchev–Trinajstić information content (AvgIpc) is 2.41. The minimum Gasteiger partial charge on any atom is -0.292 e. The highest BCUT2D eigenvalue weighted by Crippen LogP contribution is 2.14. The van der Waals surface area contributed by atoms with Gasteiger partial charge >= 0.3 is 0 Å². The van der Waals surface area contributed by atoms with Crippen molar-refractivity contribution in [1.82, 2.24) is 0 Å². The Hall–Kier alpha value is -1.44. The molecule has 1 aliphatic carbocycles. The average molecular weight is 228 g/mol. The Bertz CT molecular complexity index is 371. The zero-order valence-corrected chi connectivity index (χ0v) is 10.3. The van der Waals surface area contributed by atoms with Crippen LogP contribution >= 0.6 is 0 Å². The molecule has 1 fully saturated rings. The first-order chi connectivity index (χ1) is 8.45. The normalized spacial score (nSPS) is 16.4. The number of hydrogen-bond donors (Lipinski definition) is 0. The predicted octanol–water partition coefficient (Wildman–Crippen LogP) is 3.51. The van der Waals surface area contributed by atoms with Gasteiger partial charge in [-0.25, -0.2) is 0 Å². The second kappa shape index (κ2) is 7.00. The summed E-state index contributed by atoms with van der Waals surface area (Å²) < 4.78 is 0. The standard InChI is InChI=1S/C15H20N2/c1-3-7-14(8-4-1)13-16-11-12-17-15-9-5-2-6-10-15/h1,3-4,7-8,13H,2,5-6,9-12H2. The summed E-state index contributed by atoms with van der Waals surface area (Å²) in [4.78, 5) is 9.01. The van der Waals surface area contributed by atoms with Gasteiger partial charge in [0.1, 0.15) is 0 Å². The Morgan fingerprint density at radius 3 is 2.47 bits per heavy atom. The minimum atomic E-state index is 0.804. The Balaban J connectivity index is 1.70. The Labute approximate surface area is 104 Å². The van der Waals surface area contributed by atoms with Crippen molar-refractivity contribution in [2.24, 2.45) is 9.98 Å². The van der Waals surface area contributed by atoms with Gasteiger partial charge in [0.2, 0.25) is 0 Å². The van der Waals surface area contributed by atoms with Gasteiger partial charge in [0.05, 0.1) is 13.1 Å². The Kier molecular flexibility index (Phi) is 4.95. The molecule has 2 heteroatoms. The van der Waals surface area contributed by atoms with E-state index in [0.717, 1.165) is 18.7 Å². The zero-order chi connectivity index (χ0) is 11.8. The van der Waals surface area contributed by atoms with E-state index in [-0.39, 0.29) is 0 Å². The van der Waals surface area contributed by atoms with Crippen molar-refractivity contribution in [2.45, 2.75) is 32.1 Å². The molecular weight excluding hydrogens is 208 g/mol. The second-order valence-electron chi connectivity index (χ2n) is 4.45. The van der Waals surface area contributed by atoms with E-state index in [0.29, 0.717) is 0 Å². The maximum atomic E-state index is 4.62. The van der Waals surface area contributed by atoms with E-state index in [1.165, 1.54) is 37.8 Å². The van der Waals surface area contributed by atoms with Crippen LogP contribution in [0.5, 0.6) is 0 Å². The molecule has 0 spiro atoms. The van der Waals surface area contributed by atoms with Crippen molar-refractivity contribution in [3.05, 3.63) is 35.9 Å². The summed E-state index contributed by atoms with van der Waals surface area (Å²) in [5.74, 6) is 0. The van der Waals surface area contributed by atoms with Crippen LogP contribution in [0, 0.1) is 0 Å². The van der Waals surface area contributed by atoms with Crippen molar-refractivity contribution < 1.29 is 0 Å². The largest absolute Gasteiger partial charge is 0.292 e. The lowest BCUT2D eigenvalue weighted by molar-refractivity contribution is 0.663. The predicted molar refractivity (Wildman–Crippen MR) is 74.3 cm³/mol. The molecular formula is C15H20N2. The fourth-order valence-corrected chi connectivity index (χ4v) is 2.09. The topological polar surface area (TPSA) is 24.7 Å². The van der Waals surface area contributed by atoms with Gasteiger partial charge in [-0.3, -0.25) is 9.98 Å². The SMILES string of the molecule is C(=NCCN=C1CCCCC1)c1ccccc1. The molecule has 2 rings (SSSR count). The van der Waals surface area contributed by atoms with Crippen molar-refractivity contribution >= 4 is 11.9 Å². The van der Waals surface area contributed by atoms with E-state index in [1.807, 2.05) is 24.4 Å². The third-order valence-electron chi connectivity index (χ3n) is 3.04. The molecule has 0 saturated heterocycles. The van der Waals surface area contributed by atoms with Gasteiger partial charge in [-0.05, 0) is 31.2 Å². The molecule has 0 atom stereocenters. The van der Waals surface area contributed by atoms with Crippen LogP contribution in [0.25, 0.3) is 0 Å². The number of rotatable bonds is 4. The molecule has 0 unspecified atom stereocenters. The van der Waals surface area contributed by atoms with Gasteiger partial charge in [0.15, 0.2) is 0 Å². The third kappa shape index (κ3) is 4.51. The minimum absolute atomic E-state index is 0.804. The summed E-state index contributed by atoms with van der Waals surface area (Å²) in [5, 5.41) is 0. The summed E-state index contributed by atoms with van der Waals surface area (Å²) in [6, 6.07) is 10.2. The van der Waals surface area contributed by atoms with Crippen LogP contribution in [-0.2, 0) is 0 Å². The van der Waals surface area contributed by atoms with Gasteiger partial charge in [0, 0.05) is 11.9 Å². The number of benzene rings is 1. The van der Waals surface area contributed by atoms with Crippen LogP contribution in [0.1, 0.15) is 37.7 Å². The molecule has 1 aromatic rings. The van der Waals surface area contributed by atoms with Gasteiger partial charge in [-0.1, -0.05) is 36.8 Å². The molecule has 0 aliphatic heterocycles. The van der Waals surface area contributed by atoms with Crippen LogP contribution in [0.3, 0.4) is 0 Å². The lowest BCUT2D eigenvalue weighted by atomic mass is 9.99. The molecule has 0 aromatic heterocycles. The highest BCUT2D eigenvalue weighted by Gasteiger charge is 2.05. The molecule has 1 saturated carbocycles. The smallest absolute Gasteiger partial charge is 0.0585 e. The molecule has 17 heavy (non-hydrogen) atoms. The second-order valence-corrected chi connectivity index (χ2v) is 4.45. The van der Waals surface area contributed by atoms with E-state index in [1.54, 1.807) is 0 Å². The summed E-state index contributed by atoms with van der Waals surface area (Å²) in [6.45, 7) is 1.65. The molecule has 0 N–H and O–H groups in total. The van der Waals surface area contributed by atoms with E-state index in [4.69, 9.17) is 0 Å². The van der Waals surface area contributed by atoms with Crippen molar-refractivity contribution in [3.8, 4) is 0 Å². The maximum absolute atomic E-state index is 4.62. The maximum Gasteiger partial charge on any atom is 0.0585 e. The summed E-state index contributed by atoms with van der Waals surface area (Å²) in [5.41, 5.74) is 2.57. The zero-order valence-electron chi connectivity index (χ0n) is 10.3. The molecule has 0 heterocycles. The Morgan fingerprint density at radius 2 is 1.71 bits per heavy atom. The van der Waals surface area contributed by atoms with E-state index >= 15 is 0 Å². The summed E-state index contributed by atoms with van der Waals surface area (Å²) in [7, 11) is 0. The molecule has 2 nitrogen and oxygen atoms in total. The highest BCUT2D eigenvalue weighted by atomic mass is 14.8.